The number of nitrogens with zero attached hydrogens (tertiary/aromatic N) is 2. The number of aromatic nitrogens is 2. The summed E-state index contributed by atoms with van der Waals surface area (Å²) in [6.45, 7) is 4.22. The van der Waals surface area contributed by atoms with Gasteiger partial charge in [0.1, 0.15) is 10.9 Å². The summed E-state index contributed by atoms with van der Waals surface area (Å²) < 4.78 is 1.59. The zero-order valence-corrected chi connectivity index (χ0v) is 10.7. The van der Waals surface area contributed by atoms with Crippen LogP contribution in [0.1, 0.15) is 24.6 Å². The fourth-order valence-electron chi connectivity index (χ4n) is 1.72. The number of rotatable bonds is 5. The summed E-state index contributed by atoms with van der Waals surface area (Å²) in [6.07, 6.45) is 1.10. The van der Waals surface area contributed by atoms with Crippen molar-refractivity contribution in [3.05, 3.63) is 16.4 Å². The van der Waals surface area contributed by atoms with Crippen LogP contribution < -0.4 is 5.73 Å². The van der Waals surface area contributed by atoms with Gasteiger partial charge in [0.15, 0.2) is 0 Å². The van der Waals surface area contributed by atoms with Gasteiger partial charge in [-0.2, -0.15) is 5.10 Å². The largest absolute Gasteiger partial charge is 0.330 e. The minimum atomic E-state index is -0.0735. The minimum Gasteiger partial charge on any atom is -0.330 e. The molecule has 1 atom stereocenters. The zero-order valence-electron chi connectivity index (χ0n) is 9.96. The third-order valence-electron chi connectivity index (χ3n) is 2.85. The summed E-state index contributed by atoms with van der Waals surface area (Å²) in [4.78, 5) is 11.9. The maximum atomic E-state index is 11.9. The molecule has 1 heterocycles. The SMILES string of the molecule is CCC(CN)C(=O)Cc1c(C)nn(C)c1Cl. The van der Waals surface area contributed by atoms with Crippen molar-refractivity contribution in [3.63, 3.8) is 0 Å². The molecule has 0 aliphatic rings. The Balaban J connectivity index is 2.84. The van der Waals surface area contributed by atoms with Gasteiger partial charge in [0.2, 0.25) is 0 Å². The number of ketones is 1. The minimum absolute atomic E-state index is 0.0735. The van der Waals surface area contributed by atoms with E-state index in [1.165, 1.54) is 0 Å². The molecule has 1 aromatic heterocycles. The Morgan fingerprint density at radius 3 is 2.62 bits per heavy atom. The van der Waals surface area contributed by atoms with Crippen LogP contribution in [0.3, 0.4) is 0 Å². The molecule has 0 saturated heterocycles. The number of hydrogen-bond donors (Lipinski definition) is 1. The molecule has 0 aliphatic heterocycles. The van der Waals surface area contributed by atoms with Crippen LogP contribution >= 0.6 is 11.6 Å². The van der Waals surface area contributed by atoms with Crippen LogP contribution in [0.25, 0.3) is 0 Å². The molecule has 90 valence electrons. The van der Waals surface area contributed by atoms with Crippen LogP contribution in [0, 0.1) is 12.8 Å². The fourth-order valence-corrected chi connectivity index (χ4v) is 1.96. The Bertz CT molecular complexity index is 383. The molecule has 5 heteroatoms. The molecular weight excluding hydrogens is 226 g/mol. The van der Waals surface area contributed by atoms with Gasteiger partial charge in [-0.05, 0) is 13.3 Å². The molecular formula is C11H18ClN3O. The summed E-state index contributed by atoms with van der Waals surface area (Å²) in [5, 5.41) is 4.72. The van der Waals surface area contributed by atoms with Crippen molar-refractivity contribution in [1.29, 1.82) is 0 Å². The summed E-state index contributed by atoms with van der Waals surface area (Å²) in [7, 11) is 1.77. The first-order chi connectivity index (χ1) is 7.51. The smallest absolute Gasteiger partial charge is 0.141 e. The van der Waals surface area contributed by atoms with E-state index in [0.29, 0.717) is 18.1 Å². The third-order valence-corrected chi connectivity index (χ3v) is 3.33. The molecule has 1 unspecified atom stereocenters. The Morgan fingerprint density at radius 2 is 2.25 bits per heavy atom. The zero-order chi connectivity index (χ0) is 12.3. The predicted octanol–water partition coefficient (Wildman–Crippen LogP) is 1.48. The quantitative estimate of drug-likeness (QED) is 0.852. The van der Waals surface area contributed by atoms with Gasteiger partial charge in [-0.15, -0.1) is 0 Å². The van der Waals surface area contributed by atoms with Crippen LogP contribution in [0.5, 0.6) is 0 Å². The highest BCUT2D eigenvalue weighted by atomic mass is 35.5. The van der Waals surface area contributed by atoms with Crippen molar-refractivity contribution in [2.24, 2.45) is 18.7 Å². The van der Waals surface area contributed by atoms with Crippen LogP contribution in [-0.2, 0) is 18.3 Å². The Hall–Kier alpha value is -0.870. The van der Waals surface area contributed by atoms with Crippen molar-refractivity contribution >= 4 is 17.4 Å². The molecule has 4 nitrogen and oxygen atoms in total. The van der Waals surface area contributed by atoms with E-state index in [9.17, 15) is 4.79 Å². The Kier molecular flexibility index (Phi) is 4.50. The predicted molar refractivity (Wildman–Crippen MR) is 64.5 cm³/mol. The van der Waals surface area contributed by atoms with Gasteiger partial charge in [0.05, 0.1) is 5.69 Å². The summed E-state index contributed by atoms with van der Waals surface area (Å²) in [5.41, 5.74) is 7.18. The topological polar surface area (TPSA) is 60.9 Å². The number of Topliss-reactive ketones (excluding diaryl/α,β-unsaturated/α-hetero) is 1. The lowest BCUT2D eigenvalue weighted by molar-refractivity contribution is -0.122. The summed E-state index contributed by atoms with van der Waals surface area (Å²) in [5.74, 6) is 0.0682. The number of nitrogens with two attached hydrogens (primary N) is 1. The molecule has 0 amide bonds. The highest BCUT2D eigenvalue weighted by Crippen LogP contribution is 2.20. The molecule has 0 fully saturated rings. The molecule has 16 heavy (non-hydrogen) atoms. The second kappa shape index (κ2) is 5.46. The van der Waals surface area contributed by atoms with Crippen molar-refractivity contribution < 1.29 is 4.79 Å². The normalized spacial score (nSPS) is 12.8. The maximum Gasteiger partial charge on any atom is 0.141 e. The van der Waals surface area contributed by atoms with Gasteiger partial charge in [0.25, 0.3) is 0 Å². The molecule has 0 bridgehead atoms. The standard InChI is InChI=1S/C11H18ClN3O/c1-4-8(6-13)10(16)5-9-7(2)14-15(3)11(9)12/h8H,4-6,13H2,1-3H3. The molecule has 0 radical (unpaired) electrons. The van der Waals surface area contributed by atoms with Crippen LogP contribution in [0.15, 0.2) is 0 Å². The average molecular weight is 244 g/mol. The lowest BCUT2D eigenvalue weighted by atomic mass is 9.96. The van der Waals surface area contributed by atoms with Crippen molar-refractivity contribution in [1.82, 2.24) is 9.78 Å². The van der Waals surface area contributed by atoms with E-state index in [2.05, 4.69) is 5.10 Å². The highest BCUT2D eigenvalue weighted by molar-refractivity contribution is 6.30. The van der Waals surface area contributed by atoms with Crippen LogP contribution in [-0.4, -0.2) is 22.1 Å². The van der Waals surface area contributed by atoms with Gasteiger partial charge in [0, 0.05) is 31.5 Å². The van der Waals surface area contributed by atoms with E-state index in [1.54, 1.807) is 11.7 Å². The van der Waals surface area contributed by atoms with E-state index >= 15 is 0 Å². The first-order valence-electron chi connectivity index (χ1n) is 5.42. The molecule has 0 saturated carbocycles. The maximum absolute atomic E-state index is 11.9. The van der Waals surface area contributed by atoms with E-state index in [0.717, 1.165) is 17.7 Å². The highest BCUT2D eigenvalue weighted by Gasteiger charge is 2.19. The number of hydrogen-bond acceptors (Lipinski definition) is 3. The number of halogens is 1. The monoisotopic (exact) mass is 243 g/mol. The first kappa shape index (κ1) is 13.2. The van der Waals surface area contributed by atoms with Crippen molar-refractivity contribution in [2.45, 2.75) is 26.7 Å². The molecule has 2 N–H and O–H groups in total. The average Bonchev–Trinajstić information content (AvgIpc) is 2.47. The number of carbonyl (C=O) groups excluding carboxylic acids is 1. The van der Waals surface area contributed by atoms with Gasteiger partial charge >= 0.3 is 0 Å². The molecule has 0 aromatic carbocycles. The van der Waals surface area contributed by atoms with Gasteiger partial charge in [-0.3, -0.25) is 9.48 Å². The van der Waals surface area contributed by atoms with E-state index in [4.69, 9.17) is 17.3 Å². The summed E-state index contributed by atoms with van der Waals surface area (Å²) in [6, 6.07) is 0. The van der Waals surface area contributed by atoms with E-state index in [-0.39, 0.29) is 11.7 Å². The van der Waals surface area contributed by atoms with E-state index in [1.807, 2.05) is 13.8 Å². The first-order valence-corrected chi connectivity index (χ1v) is 5.79. The molecule has 1 rings (SSSR count). The molecule has 0 spiro atoms. The third kappa shape index (κ3) is 2.62. The summed E-state index contributed by atoms with van der Waals surface area (Å²) >= 11 is 6.07. The molecule has 1 aromatic rings. The van der Waals surface area contributed by atoms with Gasteiger partial charge < -0.3 is 5.73 Å². The van der Waals surface area contributed by atoms with Crippen LogP contribution in [0.2, 0.25) is 5.15 Å². The second-order valence-electron chi connectivity index (χ2n) is 3.96. The second-order valence-corrected chi connectivity index (χ2v) is 4.32. The Morgan fingerprint density at radius 1 is 1.62 bits per heavy atom. The Labute approximate surface area is 101 Å². The van der Waals surface area contributed by atoms with Crippen LogP contribution in [0.4, 0.5) is 0 Å². The fraction of sp³-hybridized carbons (Fsp3) is 0.636. The van der Waals surface area contributed by atoms with Gasteiger partial charge in [-0.25, -0.2) is 0 Å². The van der Waals surface area contributed by atoms with Crippen molar-refractivity contribution in [2.75, 3.05) is 6.54 Å². The van der Waals surface area contributed by atoms with Crippen molar-refractivity contribution in [3.8, 4) is 0 Å². The number of carbonyl (C=O) groups is 1. The lowest BCUT2D eigenvalue weighted by Gasteiger charge is -2.10. The van der Waals surface area contributed by atoms with Gasteiger partial charge in [-0.1, -0.05) is 18.5 Å². The lowest BCUT2D eigenvalue weighted by Crippen LogP contribution is -2.24. The van der Waals surface area contributed by atoms with E-state index < -0.39 is 0 Å². The number of aryl methyl sites for hydroxylation is 2. The molecule has 0 aliphatic carbocycles.